The van der Waals surface area contributed by atoms with Crippen molar-refractivity contribution in [1.29, 1.82) is 0 Å². The number of rotatable bonds is 7. The van der Waals surface area contributed by atoms with E-state index in [-0.39, 0.29) is 18.2 Å². The van der Waals surface area contributed by atoms with E-state index >= 15 is 0 Å². The summed E-state index contributed by atoms with van der Waals surface area (Å²) in [4.78, 5) is 25.8. The van der Waals surface area contributed by atoms with Crippen LogP contribution in [-0.2, 0) is 9.59 Å². The SMILES string of the molecule is CC(CNC(=O)CC(C)(C(=O)O)C(C)C)N1CCCCC1. The van der Waals surface area contributed by atoms with Crippen LogP contribution in [0, 0.1) is 11.3 Å². The zero-order chi connectivity index (χ0) is 16.0. The molecule has 21 heavy (non-hydrogen) atoms. The second-order valence-electron chi connectivity index (χ2n) is 6.80. The molecule has 2 N–H and O–H groups in total. The Morgan fingerprint density at radius 1 is 1.19 bits per heavy atom. The van der Waals surface area contributed by atoms with Gasteiger partial charge in [-0.3, -0.25) is 14.5 Å². The van der Waals surface area contributed by atoms with Crippen LogP contribution in [0.5, 0.6) is 0 Å². The maximum absolute atomic E-state index is 12.1. The Balaban J connectivity index is 2.44. The lowest BCUT2D eigenvalue weighted by Gasteiger charge is -2.33. The van der Waals surface area contributed by atoms with E-state index in [2.05, 4.69) is 17.1 Å². The molecule has 2 unspecified atom stereocenters. The summed E-state index contributed by atoms with van der Waals surface area (Å²) in [5, 5.41) is 12.2. The lowest BCUT2D eigenvalue weighted by atomic mass is 9.76. The molecule has 1 heterocycles. The van der Waals surface area contributed by atoms with Crippen LogP contribution in [-0.4, -0.2) is 47.6 Å². The van der Waals surface area contributed by atoms with Crippen molar-refractivity contribution in [2.45, 2.75) is 59.4 Å². The van der Waals surface area contributed by atoms with E-state index in [1.54, 1.807) is 6.92 Å². The Bertz CT molecular complexity index is 365. The minimum atomic E-state index is -1.00. The topological polar surface area (TPSA) is 69.6 Å². The summed E-state index contributed by atoms with van der Waals surface area (Å²) in [6.45, 7) is 10.2. The van der Waals surface area contributed by atoms with Gasteiger partial charge < -0.3 is 10.4 Å². The molecule has 1 amide bonds. The number of aliphatic carboxylic acids is 1. The van der Waals surface area contributed by atoms with Crippen LogP contribution < -0.4 is 5.32 Å². The molecule has 5 nitrogen and oxygen atoms in total. The highest BCUT2D eigenvalue weighted by atomic mass is 16.4. The van der Waals surface area contributed by atoms with Gasteiger partial charge in [-0.05, 0) is 45.7 Å². The Labute approximate surface area is 128 Å². The van der Waals surface area contributed by atoms with Crippen molar-refractivity contribution in [1.82, 2.24) is 10.2 Å². The predicted octanol–water partition coefficient (Wildman–Crippen LogP) is 2.11. The molecule has 5 heteroatoms. The smallest absolute Gasteiger partial charge is 0.310 e. The van der Waals surface area contributed by atoms with E-state index in [1.807, 2.05) is 13.8 Å². The Kier molecular flexibility index (Phi) is 6.65. The minimum Gasteiger partial charge on any atom is -0.481 e. The molecule has 1 aliphatic heterocycles. The maximum Gasteiger partial charge on any atom is 0.310 e. The number of nitrogens with zero attached hydrogens (tertiary/aromatic N) is 1. The molecule has 1 fully saturated rings. The number of amides is 1. The quantitative estimate of drug-likeness (QED) is 0.755. The molecule has 0 aromatic heterocycles. The van der Waals surface area contributed by atoms with Gasteiger partial charge in [-0.1, -0.05) is 20.3 Å². The lowest BCUT2D eigenvalue weighted by molar-refractivity contribution is -0.153. The molecule has 0 aromatic carbocycles. The van der Waals surface area contributed by atoms with Gasteiger partial charge in [0.15, 0.2) is 0 Å². The van der Waals surface area contributed by atoms with Crippen LogP contribution in [0.25, 0.3) is 0 Å². The van der Waals surface area contributed by atoms with Crippen LogP contribution in [0.4, 0.5) is 0 Å². The van der Waals surface area contributed by atoms with Crippen LogP contribution in [0.15, 0.2) is 0 Å². The van der Waals surface area contributed by atoms with E-state index < -0.39 is 11.4 Å². The van der Waals surface area contributed by atoms with E-state index in [0.29, 0.717) is 12.6 Å². The fraction of sp³-hybridized carbons (Fsp3) is 0.875. The van der Waals surface area contributed by atoms with Crippen LogP contribution in [0.1, 0.15) is 53.4 Å². The summed E-state index contributed by atoms with van der Waals surface area (Å²) in [5.74, 6) is -1.16. The summed E-state index contributed by atoms with van der Waals surface area (Å²) in [5.41, 5.74) is -1.00. The van der Waals surface area contributed by atoms with Crippen LogP contribution in [0.2, 0.25) is 0 Å². The largest absolute Gasteiger partial charge is 0.481 e. The predicted molar refractivity (Wildman–Crippen MR) is 83.1 cm³/mol. The number of carbonyl (C=O) groups excluding carboxylic acids is 1. The molecule has 0 saturated carbocycles. The lowest BCUT2D eigenvalue weighted by Crippen LogP contribution is -2.46. The molecule has 1 aliphatic rings. The van der Waals surface area contributed by atoms with Gasteiger partial charge >= 0.3 is 5.97 Å². The number of nitrogens with one attached hydrogen (secondary N) is 1. The van der Waals surface area contributed by atoms with E-state index in [4.69, 9.17) is 0 Å². The minimum absolute atomic E-state index is 0.0344. The number of likely N-dealkylation sites (tertiary alicyclic amines) is 1. The first-order valence-electron chi connectivity index (χ1n) is 8.01. The first kappa shape index (κ1) is 18.0. The summed E-state index contributed by atoms with van der Waals surface area (Å²) in [6, 6.07) is 0.310. The van der Waals surface area contributed by atoms with Gasteiger partial charge in [-0.15, -0.1) is 0 Å². The van der Waals surface area contributed by atoms with Crippen LogP contribution >= 0.6 is 0 Å². The first-order valence-corrected chi connectivity index (χ1v) is 8.01. The van der Waals surface area contributed by atoms with Gasteiger partial charge in [0.05, 0.1) is 5.41 Å². The normalized spacial score (nSPS) is 20.8. The van der Waals surface area contributed by atoms with Gasteiger partial charge in [0.1, 0.15) is 0 Å². The van der Waals surface area contributed by atoms with Crippen molar-refractivity contribution in [3.8, 4) is 0 Å². The third-order valence-electron chi connectivity index (χ3n) is 4.90. The van der Waals surface area contributed by atoms with Gasteiger partial charge in [0, 0.05) is 19.0 Å². The molecule has 1 saturated heterocycles. The number of piperidine rings is 1. The third-order valence-corrected chi connectivity index (χ3v) is 4.90. The second kappa shape index (κ2) is 7.78. The number of carbonyl (C=O) groups is 2. The molecule has 0 radical (unpaired) electrons. The van der Waals surface area contributed by atoms with Crippen molar-refractivity contribution < 1.29 is 14.7 Å². The maximum atomic E-state index is 12.1. The molecule has 122 valence electrons. The van der Waals surface area contributed by atoms with E-state index in [0.717, 1.165) is 13.1 Å². The van der Waals surface area contributed by atoms with Crippen LogP contribution in [0.3, 0.4) is 0 Å². The number of hydrogen-bond donors (Lipinski definition) is 2. The van der Waals surface area contributed by atoms with Gasteiger partial charge in [0.25, 0.3) is 0 Å². The Hall–Kier alpha value is -1.10. The molecule has 0 spiro atoms. The molecule has 0 aromatic rings. The zero-order valence-electron chi connectivity index (χ0n) is 13.8. The summed E-state index contributed by atoms with van der Waals surface area (Å²) in [7, 11) is 0. The number of hydrogen-bond acceptors (Lipinski definition) is 3. The monoisotopic (exact) mass is 298 g/mol. The number of carboxylic acids is 1. The van der Waals surface area contributed by atoms with Gasteiger partial charge in [-0.2, -0.15) is 0 Å². The van der Waals surface area contributed by atoms with Crippen molar-refractivity contribution >= 4 is 11.9 Å². The van der Waals surface area contributed by atoms with Crippen molar-refractivity contribution in [3.63, 3.8) is 0 Å². The second-order valence-corrected chi connectivity index (χ2v) is 6.80. The molecular weight excluding hydrogens is 268 g/mol. The molecular formula is C16H30N2O3. The fourth-order valence-electron chi connectivity index (χ4n) is 2.67. The average molecular weight is 298 g/mol. The molecule has 1 rings (SSSR count). The van der Waals surface area contributed by atoms with E-state index in [9.17, 15) is 14.7 Å². The molecule has 0 aliphatic carbocycles. The fourth-order valence-corrected chi connectivity index (χ4v) is 2.67. The van der Waals surface area contributed by atoms with Crippen molar-refractivity contribution in [2.24, 2.45) is 11.3 Å². The highest BCUT2D eigenvalue weighted by Crippen LogP contribution is 2.31. The van der Waals surface area contributed by atoms with Crippen molar-refractivity contribution in [3.05, 3.63) is 0 Å². The summed E-state index contributed by atoms with van der Waals surface area (Å²) >= 11 is 0. The highest BCUT2D eigenvalue weighted by Gasteiger charge is 2.38. The summed E-state index contributed by atoms with van der Waals surface area (Å²) in [6.07, 6.45) is 3.78. The zero-order valence-corrected chi connectivity index (χ0v) is 13.8. The molecule has 0 bridgehead atoms. The Morgan fingerprint density at radius 2 is 1.76 bits per heavy atom. The Morgan fingerprint density at radius 3 is 2.24 bits per heavy atom. The summed E-state index contributed by atoms with van der Waals surface area (Å²) < 4.78 is 0. The molecule has 2 atom stereocenters. The average Bonchev–Trinajstić information content (AvgIpc) is 2.45. The standard InChI is InChI=1S/C16H30N2O3/c1-12(2)16(4,15(20)21)10-14(19)17-11-13(3)18-8-6-5-7-9-18/h12-13H,5-11H2,1-4H3,(H,17,19)(H,20,21). The van der Waals surface area contributed by atoms with Gasteiger partial charge in [-0.25, -0.2) is 0 Å². The third kappa shape index (κ3) is 4.99. The number of carboxylic acid groups (broad SMARTS) is 1. The highest BCUT2D eigenvalue weighted by molar-refractivity contribution is 5.84. The first-order chi connectivity index (χ1) is 9.77. The van der Waals surface area contributed by atoms with Gasteiger partial charge in [0.2, 0.25) is 5.91 Å². The van der Waals surface area contributed by atoms with Crippen molar-refractivity contribution in [2.75, 3.05) is 19.6 Å². The van der Waals surface area contributed by atoms with E-state index in [1.165, 1.54) is 19.3 Å².